The summed E-state index contributed by atoms with van der Waals surface area (Å²) in [7, 11) is 0. The molecule has 0 bridgehead atoms. The van der Waals surface area contributed by atoms with Crippen molar-refractivity contribution in [2.45, 2.75) is 57.0 Å². The zero-order valence-electron chi connectivity index (χ0n) is 18.4. The number of carbonyl (C=O) groups excluding carboxylic acids is 2. The Morgan fingerprint density at radius 1 is 1.10 bits per heavy atom. The lowest BCUT2D eigenvalue weighted by Crippen LogP contribution is -2.63. The van der Waals surface area contributed by atoms with Crippen LogP contribution < -0.4 is 5.32 Å². The lowest BCUT2D eigenvalue weighted by molar-refractivity contribution is -0.128. The van der Waals surface area contributed by atoms with Crippen LogP contribution in [0, 0.1) is 11.7 Å². The molecule has 2 saturated heterocycles. The van der Waals surface area contributed by atoms with E-state index in [0.29, 0.717) is 18.7 Å². The smallest absolute Gasteiger partial charge is 0.253 e. The van der Waals surface area contributed by atoms with Crippen molar-refractivity contribution in [3.63, 3.8) is 0 Å². The van der Waals surface area contributed by atoms with Crippen LogP contribution in [0.5, 0.6) is 0 Å². The molecule has 170 valence electrons. The van der Waals surface area contributed by atoms with Crippen molar-refractivity contribution in [1.82, 2.24) is 15.1 Å². The van der Waals surface area contributed by atoms with E-state index in [2.05, 4.69) is 17.1 Å². The number of hydrogen-bond acceptors (Lipinski definition) is 4. The zero-order chi connectivity index (χ0) is 21.8. The summed E-state index contributed by atoms with van der Waals surface area (Å²) in [5.74, 6) is -0.652. The predicted octanol–water partition coefficient (Wildman–Crippen LogP) is 2.83. The van der Waals surface area contributed by atoms with Crippen LogP contribution in [0.2, 0.25) is 0 Å². The summed E-state index contributed by atoms with van der Waals surface area (Å²) >= 11 is 0. The Balaban J connectivity index is 1.39. The van der Waals surface area contributed by atoms with E-state index in [-0.39, 0.29) is 35.1 Å². The zero-order valence-corrected chi connectivity index (χ0v) is 18.4. The summed E-state index contributed by atoms with van der Waals surface area (Å²) in [6.07, 6.45) is 6.19. The van der Waals surface area contributed by atoms with E-state index in [9.17, 15) is 14.0 Å². The fourth-order valence-corrected chi connectivity index (χ4v) is 5.64. The first-order valence-electron chi connectivity index (χ1n) is 11.7. The molecule has 7 heteroatoms. The van der Waals surface area contributed by atoms with E-state index in [0.717, 1.165) is 52.0 Å². The van der Waals surface area contributed by atoms with E-state index in [1.54, 1.807) is 4.90 Å². The number of nitrogens with zero attached hydrogens (tertiary/aromatic N) is 2. The Labute approximate surface area is 184 Å². The molecule has 6 nitrogen and oxygen atoms in total. The van der Waals surface area contributed by atoms with Gasteiger partial charge in [0.25, 0.3) is 5.91 Å². The van der Waals surface area contributed by atoms with Crippen molar-refractivity contribution >= 4 is 11.8 Å². The van der Waals surface area contributed by atoms with Crippen molar-refractivity contribution in [3.8, 4) is 0 Å². The Kier molecular flexibility index (Phi) is 6.92. The van der Waals surface area contributed by atoms with Gasteiger partial charge in [0.05, 0.1) is 19.1 Å². The first-order chi connectivity index (χ1) is 15.0. The van der Waals surface area contributed by atoms with Crippen molar-refractivity contribution < 1.29 is 18.7 Å². The number of benzene rings is 1. The highest BCUT2D eigenvalue weighted by Gasteiger charge is 2.45. The number of carbonyl (C=O) groups is 2. The third-order valence-corrected chi connectivity index (χ3v) is 7.45. The Morgan fingerprint density at radius 2 is 1.77 bits per heavy atom. The normalized spacial score (nSPS) is 25.2. The Morgan fingerprint density at radius 3 is 2.45 bits per heavy atom. The number of nitrogens with one attached hydrogen (secondary N) is 1. The van der Waals surface area contributed by atoms with Crippen molar-refractivity contribution in [3.05, 3.63) is 35.6 Å². The van der Waals surface area contributed by atoms with Gasteiger partial charge in [-0.05, 0) is 56.9 Å². The second kappa shape index (κ2) is 9.65. The quantitative estimate of drug-likeness (QED) is 0.779. The molecule has 1 saturated carbocycles. The number of piperidine rings is 1. The highest BCUT2D eigenvalue weighted by atomic mass is 19.1. The number of likely N-dealkylation sites (tertiary alicyclic amines) is 1. The summed E-state index contributed by atoms with van der Waals surface area (Å²) in [6.45, 7) is 6.54. The average Bonchev–Trinajstić information content (AvgIpc) is 3.31. The molecule has 0 aromatic heterocycles. The fourth-order valence-electron chi connectivity index (χ4n) is 5.64. The van der Waals surface area contributed by atoms with Crippen LogP contribution in [0.25, 0.3) is 0 Å². The summed E-state index contributed by atoms with van der Waals surface area (Å²) in [6, 6.07) is 5.68. The first-order valence-corrected chi connectivity index (χ1v) is 11.7. The van der Waals surface area contributed by atoms with Gasteiger partial charge in [0.15, 0.2) is 0 Å². The molecule has 31 heavy (non-hydrogen) atoms. The summed E-state index contributed by atoms with van der Waals surface area (Å²) in [5, 5.41) is 3.33. The second-order valence-electron chi connectivity index (χ2n) is 9.24. The molecule has 2 aliphatic heterocycles. The van der Waals surface area contributed by atoms with Gasteiger partial charge < -0.3 is 15.0 Å². The SMILES string of the molecule is C[C@@H](NC(=O)[C@H]1CCCN(C(=O)c2ccc(F)cc2)C1)C1(N2CCOCC2)CCCC1. The Bertz CT molecular complexity index is 773. The van der Waals surface area contributed by atoms with Gasteiger partial charge >= 0.3 is 0 Å². The van der Waals surface area contributed by atoms with Gasteiger partial charge in [-0.3, -0.25) is 14.5 Å². The molecule has 2 heterocycles. The molecule has 0 radical (unpaired) electrons. The van der Waals surface area contributed by atoms with Crippen molar-refractivity contribution in [2.75, 3.05) is 39.4 Å². The van der Waals surface area contributed by atoms with Gasteiger partial charge in [0, 0.05) is 43.3 Å². The van der Waals surface area contributed by atoms with Crippen LogP contribution in [-0.4, -0.2) is 72.6 Å². The molecular formula is C24H34FN3O3. The minimum absolute atomic E-state index is 0.0116. The number of amides is 2. The number of rotatable bonds is 5. The van der Waals surface area contributed by atoms with Gasteiger partial charge in [0.2, 0.25) is 5.91 Å². The molecule has 3 aliphatic rings. The molecule has 1 aliphatic carbocycles. The third-order valence-electron chi connectivity index (χ3n) is 7.45. The van der Waals surface area contributed by atoms with E-state index in [1.807, 2.05) is 0 Å². The van der Waals surface area contributed by atoms with Crippen LogP contribution in [-0.2, 0) is 9.53 Å². The minimum Gasteiger partial charge on any atom is -0.379 e. The molecule has 4 rings (SSSR count). The molecule has 2 amide bonds. The first kappa shape index (κ1) is 22.2. The molecule has 1 aromatic carbocycles. The van der Waals surface area contributed by atoms with E-state index in [4.69, 9.17) is 4.74 Å². The monoisotopic (exact) mass is 431 g/mol. The largest absolute Gasteiger partial charge is 0.379 e. The van der Waals surface area contributed by atoms with E-state index in [1.165, 1.54) is 37.1 Å². The lowest BCUT2D eigenvalue weighted by atomic mass is 9.85. The molecule has 2 atom stereocenters. The highest BCUT2D eigenvalue weighted by Crippen LogP contribution is 2.38. The van der Waals surface area contributed by atoms with Crippen molar-refractivity contribution in [1.29, 1.82) is 0 Å². The maximum Gasteiger partial charge on any atom is 0.253 e. The lowest BCUT2D eigenvalue weighted by Gasteiger charge is -2.47. The predicted molar refractivity (Wildman–Crippen MR) is 116 cm³/mol. The van der Waals surface area contributed by atoms with Gasteiger partial charge in [-0.25, -0.2) is 4.39 Å². The van der Waals surface area contributed by atoms with Crippen LogP contribution in [0.3, 0.4) is 0 Å². The standard InChI is InChI=1S/C24H34FN3O3/c1-18(24(10-2-3-11-24)28-13-15-31-16-14-28)26-22(29)20-5-4-12-27(17-20)23(30)19-6-8-21(25)9-7-19/h6-9,18,20H,2-5,10-17H2,1H3,(H,26,29)/t18-,20+/m1/s1. The minimum atomic E-state index is -0.359. The molecule has 0 spiro atoms. The Hall–Kier alpha value is -1.99. The van der Waals surface area contributed by atoms with Crippen molar-refractivity contribution in [2.24, 2.45) is 5.92 Å². The van der Waals surface area contributed by atoms with Crippen LogP contribution in [0.1, 0.15) is 55.8 Å². The summed E-state index contributed by atoms with van der Waals surface area (Å²) in [5.41, 5.74) is 0.477. The third kappa shape index (κ3) is 4.77. The number of ether oxygens (including phenoxy) is 1. The second-order valence-corrected chi connectivity index (χ2v) is 9.24. The average molecular weight is 432 g/mol. The number of halogens is 1. The van der Waals surface area contributed by atoms with Crippen LogP contribution in [0.15, 0.2) is 24.3 Å². The van der Waals surface area contributed by atoms with E-state index < -0.39 is 0 Å². The molecule has 0 unspecified atom stereocenters. The number of hydrogen-bond donors (Lipinski definition) is 1. The van der Waals surface area contributed by atoms with Gasteiger partial charge in [0.1, 0.15) is 5.82 Å². The maximum absolute atomic E-state index is 13.2. The summed E-state index contributed by atoms with van der Waals surface area (Å²) < 4.78 is 18.7. The number of morpholine rings is 1. The maximum atomic E-state index is 13.2. The van der Waals surface area contributed by atoms with Gasteiger partial charge in [-0.2, -0.15) is 0 Å². The van der Waals surface area contributed by atoms with Gasteiger partial charge in [-0.15, -0.1) is 0 Å². The molecule has 1 aromatic rings. The van der Waals surface area contributed by atoms with E-state index >= 15 is 0 Å². The van der Waals surface area contributed by atoms with Crippen LogP contribution in [0.4, 0.5) is 4.39 Å². The molecule has 1 N–H and O–H groups in total. The van der Waals surface area contributed by atoms with Crippen LogP contribution >= 0.6 is 0 Å². The van der Waals surface area contributed by atoms with Gasteiger partial charge in [-0.1, -0.05) is 12.8 Å². The highest BCUT2D eigenvalue weighted by molar-refractivity contribution is 5.94. The molecular weight excluding hydrogens is 397 g/mol. The molecule has 3 fully saturated rings. The fraction of sp³-hybridized carbons (Fsp3) is 0.667. The topological polar surface area (TPSA) is 61.9 Å². The summed E-state index contributed by atoms with van der Waals surface area (Å²) in [4.78, 5) is 30.3.